The van der Waals surface area contributed by atoms with Gasteiger partial charge in [-0.3, -0.25) is 0 Å². The number of methoxy groups -OCH3 is 1. The monoisotopic (exact) mass is 522 g/mol. The van der Waals surface area contributed by atoms with E-state index in [9.17, 15) is 19.2 Å². The molecule has 10 heteroatoms. The topological polar surface area (TPSA) is 157 Å². The van der Waals surface area contributed by atoms with Gasteiger partial charge in [0.05, 0.1) is 13.7 Å². The summed E-state index contributed by atoms with van der Waals surface area (Å²) in [5, 5.41) is 24.9. The number of aliphatic carboxylic acids is 1. The third kappa shape index (κ3) is 24.9. The fourth-order valence-electron chi connectivity index (χ4n) is 1.37. The van der Waals surface area contributed by atoms with E-state index in [4.69, 9.17) is 20.1 Å². The highest BCUT2D eigenvalue weighted by Crippen LogP contribution is 2.02. The van der Waals surface area contributed by atoms with Gasteiger partial charge in [0.2, 0.25) is 0 Å². The van der Waals surface area contributed by atoms with Crippen molar-refractivity contribution < 1.29 is 48.7 Å². The Kier molecular flexibility index (Phi) is 22.8. The number of benzene rings is 1. The number of aliphatic hydroxyl groups excluding tert-OH is 2. The second-order valence-corrected chi connectivity index (χ2v) is 7.41. The summed E-state index contributed by atoms with van der Waals surface area (Å²) in [4.78, 5) is 41.4. The minimum atomic E-state index is -1.00. The summed E-state index contributed by atoms with van der Waals surface area (Å²) in [7, 11) is 1.33. The van der Waals surface area contributed by atoms with Crippen LogP contribution < -0.4 is 0 Å². The lowest BCUT2D eigenvalue weighted by atomic mass is 10.2. The highest BCUT2D eigenvalue weighted by molar-refractivity contribution is 5.87. The van der Waals surface area contributed by atoms with Crippen LogP contribution in [0.4, 0.5) is 0 Å². The number of hydrogen-bond donors (Lipinski definition) is 3. The van der Waals surface area contributed by atoms with Crippen LogP contribution in [0.2, 0.25) is 0 Å². The van der Waals surface area contributed by atoms with Gasteiger partial charge in [0.25, 0.3) is 0 Å². The molecule has 1 aromatic rings. The molecule has 0 saturated carbocycles. The summed E-state index contributed by atoms with van der Waals surface area (Å²) in [6, 6.07) is 9.55. The van der Waals surface area contributed by atoms with Crippen LogP contribution >= 0.6 is 0 Å². The van der Waals surface area contributed by atoms with E-state index in [0.717, 1.165) is 5.56 Å². The number of carbonyl (C=O) groups excluding carboxylic acids is 3. The molecule has 3 N–H and O–H groups in total. The van der Waals surface area contributed by atoms with Crippen LogP contribution in [-0.2, 0) is 40.0 Å². The average molecular weight is 523 g/mol. The van der Waals surface area contributed by atoms with Gasteiger partial charge in [-0.15, -0.1) is 0 Å². The van der Waals surface area contributed by atoms with E-state index >= 15 is 0 Å². The Labute approximate surface area is 218 Å². The average Bonchev–Trinajstić information content (AvgIpc) is 2.86. The molecular formula is C27H38O10. The molecule has 37 heavy (non-hydrogen) atoms. The number of ether oxygens (including phenoxy) is 3. The lowest BCUT2D eigenvalue weighted by Crippen LogP contribution is -2.22. The molecule has 10 nitrogen and oxygen atoms in total. The van der Waals surface area contributed by atoms with E-state index in [2.05, 4.69) is 35.8 Å². The van der Waals surface area contributed by atoms with Gasteiger partial charge in [-0.05, 0) is 33.3 Å². The number of aliphatic hydroxyl groups is 2. The second-order valence-electron chi connectivity index (χ2n) is 7.41. The maximum Gasteiger partial charge on any atom is 0.333 e. The van der Waals surface area contributed by atoms with Crippen LogP contribution in [0.25, 0.3) is 0 Å². The van der Waals surface area contributed by atoms with Gasteiger partial charge in [0.15, 0.2) is 0 Å². The van der Waals surface area contributed by atoms with Crippen LogP contribution in [0, 0.1) is 0 Å². The molecule has 0 aromatic heterocycles. The predicted molar refractivity (Wildman–Crippen MR) is 139 cm³/mol. The molecule has 0 aliphatic rings. The lowest BCUT2D eigenvalue weighted by Gasteiger charge is -2.07. The zero-order valence-electron chi connectivity index (χ0n) is 22.1. The third-order valence-electron chi connectivity index (χ3n) is 3.43. The van der Waals surface area contributed by atoms with Crippen molar-refractivity contribution in [1.29, 1.82) is 0 Å². The SMILES string of the molecule is C=C(C)C(=O)O.C=C(C)C(=O)OC.C=C(C)C(=O)OCC(O)CO.C=C(C)C(=O)OCc1ccccc1. The Balaban J connectivity index is -0.000000438. The smallest absolute Gasteiger partial charge is 0.333 e. The normalized spacial score (nSPS) is 9.59. The summed E-state index contributed by atoms with van der Waals surface area (Å²) in [5.41, 5.74) is 2.29. The molecule has 1 unspecified atom stereocenters. The van der Waals surface area contributed by atoms with Crippen molar-refractivity contribution >= 4 is 23.9 Å². The summed E-state index contributed by atoms with van der Waals surface area (Å²) in [6.07, 6.45) is -1.00. The Hall–Kier alpha value is -4.02. The maximum absolute atomic E-state index is 11.0. The minimum absolute atomic E-state index is 0.176. The first kappa shape index (κ1) is 37.5. The number of esters is 3. The van der Waals surface area contributed by atoms with E-state index in [1.54, 1.807) is 13.8 Å². The van der Waals surface area contributed by atoms with Gasteiger partial charge in [-0.2, -0.15) is 0 Å². The summed E-state index contributed by atoms with van der Waals surface area (Å²) >= 11 is 0. The molecule has 0 amide bonds. The maximum atomic E-state index is 11.0. The highest BCUT2D eigenvalue weighted by Gasteiger charge is 2.07. The number of carboxylic acids is 1. The van der Waals surface area contributed by atoms with E-state index in [1.165, 1.54) is 21.0 Å². The van der Waals surface area contributed by atoms with Crippen LogP contribution in [-0.4, -0.2) is 65.6 Å². The molecule has 0 radical (unpaired) electrons. The number of carboxylic acid groups (broad SMARTS) is 1. The molecule has 0 bridgehead atoms. The van der Waals surface area contributed by atoms with Crippen molar-refractivity contribution in [1.82, 2.24) is 0 Å². The van der Waals surface area contributed by atoms with E-state index < -0.39 is 24.6 Å². The van der Waals surface area contributed by atoms with Crippen molar-refractivity contribution in [3.05, 3.63) is 84.5 Å². The number of hydrogen-bond acceptors (Lipinski definition) is 9. The molecule has 0 fully saturated rings. The lowest BCUT2D eigenvalue weighted by molar-refractivity contribution is -0.142. The Morgan fingerprint density at radius 1 is 0.784 bits per heavy atom. The van der Waals surface area contributed by atoms with Crippen molar-refractivity contribution in [3.8, 4) is 0 Å². The van der Waals surface area contributed by atoms with Gasteiger partial charge in [-0.1, -0.05) is 56.6 Å². The molecule has 206 valence electrons. The van der Waals surface area contributed by atoms with Crippen molar-refractivity contribution in [3.63, 3.8) is 0 Å². The third-order valence-corrected chi connectivity index (χ3v) is 3.43. The molecule has 0 saturated heterocycles. The molecule has 0 heterocycles. The quantitative estimate of drug-likeness (QED) is 0.250. The zero-order valence-corrected chi connectivity index (χ0v) is 22.1. The van der Waals surface area contributed by atoms with Gasteiger partial charge in [-0.25, -0.2) is 19.2 Å². The standard InChI is InChI=1S/C11H12O2.C7H12O4.C5H8O2.C4H6O2/c1-9(2)11(12)13-8-10-6-4-3-5-7-10;1-5(2)7(10)11-4-6(9)3-8;1-4(2)5(6)7-3;1-3(2)4(5)6/h3-7H,1,8H2,2H3;6,8-9H,1,3-4H2,2H3;1H2,2-3H3;1H2,2H3,(H,5,6). The Bertz CT molecular complexity index is 904. The first-order valence-electron chi connectivity index (χ1n) is 10.7. The molecule has 1 rings (SSSR count). The van der Waals surface area contributed by atoms with Gasteiger partial charge >= 0.3 is 23.9 Å². The van der Waals surface area contributed by atoms with Gasteiger partial charge in [0, 0.05) is 22.3 Å². The number of rotatable bonds is 9. The Morgan fingerprint density at radius 3 is 1.49 bits per heavy atom. The Morgan fingerprint density at radius 2 is 1.19 bits per heavy atom. The van der Waals surface area contributed by atoms with Gasteiger partial charge < -0.3 is 29.5 Å². The molecular weight excluding hydrogens is 484 g/mol. The van der Waals surface area contributed by atoms with Crippen LogP contribution in [0.3, 0.4) is 0 Å². The summed E-state index contributed by atoms with van der Waals surface area (Å²) in [5.74, 6) is -2.18. The second kappa shape index (κ2) is 22.4. The van der Waals surface area contributed by atoms with E-state index in [-0.39, 0.29) is 29.7 Å². The van der Waals surface area contributed by atoms with Crippen molar-refractivity contribution in [2.24, 2.45) is 0 Å². The minimum Gasteiger partial charge on any atom is -0.478 e. The molecule has 1 aromatic carbocycles. The van der Waals surface area contributed by atoms with Crippen molar-refractivity contribution in [2.75, 3.05) is 20.3 Å². The van der Waals surface area contributed by atoms with Crippen LogP contribution in [0.15, 0.2) is 78.9 Å². The van der Waals surface area contributed by atoms with E-state index in [0.29, 0.717) is 17.8 Å². The van der Waals surface area contributed by atoms with Gasteiger partial charge in [0.1, 0.15) is 19.3 Å². The molecule has 0 aliphatic heterocycles. The fourth-order valence-corrected chi connectivity index (χ4v) is 1.37. The first-order valence-corrected chi connectivity index (χ1v) is 10.7. The van der Waals surface area contributed by atoms with E-state index in [1.807, 2.05) is 30.3 Å². The molecule has 1 atom stereocenters. The summed E-state index contributed by atoms with van der Waals surface area (Å²) in [6.45, 7) is 19.2. The van der Waals surface area contributed by atoms with Crippen LogP contribution in [0.1, 0.15) is 33.3 Å². The van der Waals surface area contributed by atoms with Crippen molar-refractivity contribution in [2.45, 2.75) is 40.4 Å². The largest absolute Gasteiger partial charge is 0.478 e. The highest BCUT2D eigenvalue weighted by atomic mass is 16.5. The predicted octanol–water partition coefficient (Wildman–Crippen LogP) is 3.15. The van der Waals surface area contributed by atoms with Crippen LogP contribution in [0.5, 0.6) is 0 Å². The first-order chi connectivity index (χ1) is 17.1. The summed E-state index contributed by atoms with van der Waals surface area (Å²) < 4.78 is 13.7. The fraction of sp³-hybridized carbons (Fsp3) is 0.333. The zero-order chi connectivity index (χ0) is 29.6. The number of carbonyl (C=O) groups is 4. The molecule has 0 aliphatic carbocycles. The molecule has 0 spiro atoms.